The van der Waals surface area contributed by atoms with Gasteiger partial charge in [0.15, 0.2) is 0 Å². The van der Waals surface area contributed by atoms with Crippen LogP contribution in [0.4, 0.5) is 0 Å². The van der Waals surface area contributed by atoms with Crippen LogP contribution in [0.15, 0.2) is 16.5 Å². The van der Waals surface area contributed by atoms with E-state index in [0.717, 1.165) is 11.5 Å². The first-order valence-electron chi connectivity index (χ1n) is 4.94. The van der Waals surface area contributed by atoms with Crippen LogP contribution in [0.25, 0.3) is 0 Å². The number of aryl methyl sites for hydroxylation is 1. The Bertz CT molecular complexity index is 293. The molecule has 0 amide bonds. The molecule has 1 aromatic heterocycles. The lowest BCUT2D eigenvalue weighted by Crippen LogP contribution is -2.41. The van der Waals surface area contributed by atoms with Gasteiger partial charge in [0.05, 0.1) is 0 Å². The summed E-state index contributed by atoms with van der Waals surface area (Å²) in [6, 6.07) is 3.82. The van der Waals surface area contributed by atoms with Gasteiger partial charge in [0.1, 0.15) is 11.5 Å². The van der Waals surface area contributed by atoms with Crippen LogP contribution in [0.3, 0.4) is 0 Å². The van der Waals surface area contributed by atoms with Gasteiger partial charge in [-0.05, 0) is 32.4 Å². The van der Waals surface area contributed by atoms with Gasteiger partial charge in [0.25, 0.3) is 0 Å². The summed E-state index contributed by atoms with van der Waals surface area (Å²) in [6.45, 7) is 5.99. The molecule has 0 aromatic carbocycles. The summed E-state index contributed by atoms with van der Waals surface area (Å²) >= 11 is 0. The highest BCUT2D eigenvalue weighted by Gasteiger charge is 2.33. The molecule has 0 radical (unpaired) electrons. The minimum absolute atomic E-state index is 0.0415. The topological polar surface area (TPSA) is 59.4 Å². The Morgan fingerprint density at radius 2 is 2.21 bits per heavy atom. The smallest absolute Gasteiger partial charge is 0.111 e. The molecule has 80 valence electrons. The van der Waals surface area contributed by atoms with E-state index in [-0.39, 0.29) is 18.1 Å². The standard InChI is InChI=1S/C11H19NO2/c1-8-4-5-10(14-8)11(3,6-7-13)9(2)12/h4-5,9,13H,6-7,12H2,1-3H3. The van der Waals surface area contributed by atoms with E-state index in [1.165, 1.54) is 0 Å². The van der Waals surface area contributed by atoms with Crippen LogP contribution in [0.1, 0.15) is 31.8 Å². The Labute approximate surface area is 84.9 Å². The second-order valence-electron chi connectivity index (χ2n) is 4.09. The first-order valence-corrected chi connectivity index (χ1v) is 4.94. The van der Waals surface area contributed by atoms with E-state index in [9.17, 15) is 0 Å². The van der Waals surface area contributed by atoms with E-state index in [1.54, 1.807) is 0 Å². The summed E-state index contributed by atoms with van der Waals surface area (Å²) < 4.78 is 5.57. The summed E-state index contributed by atoms with van der Waals surface area (Å²) in [4.78, 5) is 0. The van der Waals surface area contributed by atoms with Crippen molar-refractivity contribution < 1.29 is 9.52 Å². The lowest BCUT2D eigenvalue weighted by molar-refractivity contribution is 0.207. The summed E-state index contributed by atoms with van der Waals surface area (Å²) in [6.07, 6.45) is 0.623. The van der Waals surface area contributed by atoms with Crippen molar-refractivity contribution in [2.75, 3.05) is 6.61 Å². The van der Waals surface area contributed by atoms with Gasteiger partial charge in [-0.3, -0.25) is 0 Å². The van der Waals surface area contributed by atoms with Crippen molar-refractivity contribution in [1.29, 1.82) is 0 Å². The molecule has 0 saturated heterocycles. The molecule has 0 saturated carbocycles. The van der Waals surface area contributed by atoms with Crippen LogP contribution in [-0.4, -0.2) is 17.8 Å². The van der Waals surface area contributed by atoms with Crippen LogP contribution in [0.2, 0.25) is 0 Å². The second-order valence-corrected chi connectivity index (χ2v) is 4.09. The van der Waals surface area contributed by atoms with Gasteiger partial charge < -0.3 is 15.3 Å². The zero-order valence-corrected chi connectivity index (χ0v) is 9.08. The van der Waals surface area contributed by atoms with Gasteiger partial charge in [-0.1, -0.05) is 6.92 Å². The van der Waals surface area contributed by atoms with E-state index >= 15 is 0 Å². The maximum Gasteiger partial charge on any atom is 0.111 e. The number of aliphatic hydroxyl groups excluding tert-OH is 1. The molecule has 0 aliphatic heterocycles. The maximum atomic E-state index is 9.02. The molecule has 1 aromatic rings. The Kier molecular flexibility index (Phi) is 3.34. The van der Waals surface area contributed by atoms with Gasteiger partial charge in [-0.2, -0.15) is 0 Å². The molecule has 14 heavy (non-hydrogen) atoms. The molecular formula is C11H19NO2. The van der Waals surface area contributed by atoms with Gasteiger partial charge >= 0.3 is 0 Å². The first-order chi connectivity index (χ1) is 6.50. The van der Waals surface area contributed by atoms with Crippen molar-refractivity contribution >= 4 is 0 Å². The number of furan rings is 1. The van der Waals surface area contributed by atoms with E-state index in [1.807, 2.05) is 32.9 Å². The monoisotopic (exact) mass is 197 g/mol. The Balaban J connectivity index is 2.98. The van der Waals surface area contributed by atoms with Crippen molar-refractivity contribution in [3.63, 3.8) is 0 Å². The predicted octanol–water partition coefficient (Wildman–Crippen LogP) is 1.58. The zero-order valence-electron chi connectivity index (χ0n) is 9.08. The number of hydrogen-bond acceptors (Lipinski definition) is 3. The molecule has 0 aliphatic carbocycles. The molecule has 2 atom stereocenters. The van der Waals surface area contributed by atoms with Crippen LogP contribution in [0, 0.1) is 6.92 Å². The largest absolute Gasteiger partial charge is 0.466 e. The van der Waals surface area contributed by atoms with Crippen LogP contribution >= 0.6 is 0 Å². The molecule has 2 unspecified atom stereocenters. The molecule has 0 bridgehead atoms. The van der Waals surface area contributed by atoms with E-state index < -0.39 is 0 Å². The first kappa shape index (κ1) is 11.3. The van der Waals surface area contributed by atoms with Gasteiger partial charge in [-0.15, -0.1) is 0 Å². The average molecular weight is 197 g/mol. The fraction of sp³-hybridized carbons (Fsp3) is 0.636. The maximum absolute atomic E-state index is 9.02. The molecule has 3 N–H and O–H groups in total. The number of rotatable bonds is 4. The van der Waals surface area contributed by atoms with E-state index in [4.69, 9.17) is 15.3 Å². The summed E-state index contributed by atoms with van der Waals surface area (Å²) in [5.74, 6) is 1.74. The third-order valence-electron chi connectivity index (χ3n) is 2.94. The van der Waals surface area contributed by atoms with E-state index in [0.29, 0.717) is 6.42 Å². The fourth-order valence-corrected chi connectivity index (χ4v) is 1.55. The zero-order chi connectivity index (χ0) is 10.8. The van der Waals surface area contributed by atoms with Crippen molar-refractivity contribution in [2.24, 2.45) is 5.73 Å². The molecular weight excluding hydrogens is 178 g/mol. The number of nitrogens with two attached hydrogens (primary N) is 1. The van der Waals surface area contributed by atoms with Gasteiger partial charge in [0.2, 0.25) is 0 Å². The normalized spacial score (nSPS) is 17.8. The predicted molar refractivity (Wildman–Crippen MR) is 56.1 cm³/mol. The molecule has 3 heteroatoms. The highest BCUT2D eigenvalue weighted by Crippen LogP contribution is 2.31. The molecule has 0 fully saturated rings. The minimum atomic E-state index is -0.275. The van der Waals surface area contributed by atoms with Crippen LogP contribution in [0.5, 0.6) is 0 Å². The molecule has 0 aliphatic rings. The highest BCUT2D eigenvalue weighted by atomic mass is 16.3. The average Bonchev–Trinajstić information content (AvgIpc) is 2.52. The number of aliphatic hydroxyl groups is 1. The Morgan fingerprint density at radius 1 is 1.57 bits per heavy atom. The van der Waals surface area contributed by atoms with Crippen molar-refractivity contribution in [2.45, 2.75) is 38.6 Å². The summed E-state index contributed by atoms with van der Waals surface area (Å²) in [5.41, 5.74) is 5.65. The molecule has 1 heterocycles. The fourth-order valence-electron chi connectivity index (χ4n) is 1.55. The third-order valence-corrected chi connectivity index (χ3v) is 2.94. The molecule has 3 nitrogen and oxygen atoms in total. The van der Waals surface area contributed by atoms with Gasteiger partial charge in [-0.25, -0.2) is 0 Å². The van der Waals surface area contributed by atoms with Crippen molar-refractivity contribution in [3.8, 4) is 0 Å². The quantitative estimate of drug-likeness (QED) is 0.770. The molecule has 0 spiro atoms. The Morgan fingerprint density at radius 3 is 2.57 bits per heavy atom. The lowest BCUT2D eigenvalue weighted by atomic mass is 9.78. The highest BCUT2D eigenvalue weighted by molar-refractivity contribution is 5.18. The minimum Gasteiger partial charge on any atom is -0.466 e. The third kappa shape index (κ3) is 1.99. The van der Waals surface area contributed by atoms with Gasteiger partial charge in [0, 0.05) is 18.1 Å². The molecule has 1 rings (SSSR count). The van der Waals surface area contributed by atoms with Crippen LogP contribution < -0.4 is 5.73 Å². The van der Waals surface area contributed by atoms with Crippen molar-refractivity contribution in [3.05, 3.63) is 23.7 Å². The second kappa shape index (κ2) is 4.15. The van der Waals surface area contributed by atoms with E-state index in [2.05, 4.69) is 0 Å². The lowest BCUT2D eigenvalue weighted by Gasteiger charge is -2.30. The summed E-state index contributed by atoms with van der Waals surface area (Å²) in [7, 11) is 0. The number of hydrogen-bond donors (Lipinski definition) is 2. The van der Waals surface area contributed by atoms with Crippen LogP contribution in [-0.2, 0) is 5.41 Å². The summed E-state index contributed by atoms with van der Waals surface area (Å²) in [5, 5.41) is 9.02. The Hall–Kier alpha value is -0.800. The van der Waals surface area contributed by atoms with Crippen molar-refractivity contribution in [1.82, 2.24) is 0 Å². The SMILES string of the molecule is Cc1ccc(C(C)(CCO)C(C)N)o1.